The van der Waals surface area contributed by atoms with E-state index in [9.17, 15) is 9.59 Å². The monoisotopic (exact) mass is 243 g/mol. The van der Waals surface area contributed by atoms with Gasteiger partial charge in [0.15, 0.2) is 0 Å². The summed E-state index contributed by atoms with van der Waals surface area (Å²) in [6.45, 7) is 6.67. The second-order valence-electron chi connectivity index (χ2n) is 5.37. The Labute approximate surface area is 102 Å². The minimum absolute atomic E-state index is 0.251. The summed E-state index contributed by atoms with van der Waals surface area (Å²) in [5, 5.41) is 8.98. The molecule has 0 radical (unpaired) electrons. The third kappa shape index (κ3) is 4.73. The van der Waals surface area contributed by atoms with Gasteiger partial charge in [-0.25, -0.2) is 0 Å². The molecule has 1 fully saturated rings. The molecule has 1 rings (SSSR count). The molecule has 98 valence electrons. The summed E-state index contributed by atoms with van der Waals surface area (Å²) in [7, 11) is 0. The minimum Gasteiger partial charge on any atom is -0.480 e. The van der Waals surface area contributed by atoms with E-state index in [4.69, 9.17) is 9.84 Å². The van der Waals surface area contributed by atoms with Crippen molar-refractivity contribution in [2.75, 3.05) is 13.1 Å². The summed E-state index contributed by atoms with van der Waals surface area (Å²) in [6, 6.07) is -0.433. The molecule has 0 spiro atoms. The first-order chi connectivity index (χ1) is 7.79. The molecule has 0 aliphatic carbocycles. The van der Waals surface area contributed by atoms with Crippen LogP contribution in [0, 0.1) is 0 Å². The fraction of sp³-hybridized carbons (Fsp3) is 0.833. The van der Waals surface area contributed by atoms with E-state index in [-0.39, 0.29) is 12.4 Å². The summed E-state index contributed by atoms with van der Waals surface area (Å²) in [5.41, 5.74) is -0.478. The summed E-state index contributed by atoms with van der Waals surface area (Å²) in [4.78, 5) is 24.3. The Kier molecular flexibility index (Phi) is 4.51. The predicted molar refractivity (Wildman–Crippen MR) is 62.7 cm³/mol. The number of esters is 1. The number of carbonyl (C=O) groups excluding carboxylic acids is 1. The van der Waals surface area contributed by atoms with Gasteiger partial charge in [0.1, 0.15) is 11.6 Å². The molecule has 5 nitrogen and oxygen atoms in total. The fourth-order valence-electron chi connectivity index (χ4n) is 2.00. The summed E-state index contributed by atoms with van der Waals surface area (Å²) in [5.74, 6) is -1.07. The largest absolute Gasteiger partial charge is 0.480 e. The molecule has 1 N–H and O–H groups in total. The second kappa shape index (κ2) is 5.49. The lowest BCUT2D eigenvalue weighted by Crippen LogP contribution is -2.37. The molecule has 5 heteroatoms. The molecular weight excluding hydrogens is 222 g/mol. The quantitative estimate of drug-likeness (QED) is 0.753. The molecule has 0 aromatic heterocycles. The minimum atomic E-state index is -0.799. The Bertz CT molecular complexity index is 295. The molecule has 0 aromatic carbocycles. The van der Waals surface area contributed by atoms with Gasteiger partial charge in [0.25, 0.3) is 0 Å². The van der Waals surface area contributed by atoms with Crippen LogP contribution in [-0.4, -0.2) is 46.7 Å². The number of carbonyl (C=O) groups is 2. The Morgan fingerprint density at radius 2 is 2.06 bits per heavy atom. The maximum absolute atomic E-state index is 11.5. The van der Waals surface area contributed by atoms with Crippen molar-refractivity contribution in [1.29, 1.82) is 0 Å². The summed E-state index contributed by atoms with van der Waals surface area (Å²) in [6.07, 6.45) is 1.80. The zero-order valence-electron chi connectivity index (χ0n) is 10.7. The Balaban J connectivity index is 2.35. The van der Waals surface area contributed by atoms with Crippen LogP contribution in [-0.2, 0) is 14.3 Å². The maximum Gasteiger partial charge on any atom is 0.320 e. The number of nitrogens with zero attached hydrogens (tertiary/aromatic N) is 1. The number of carboxylic acids is 1. The van der Waals surface area contributed by atoms with Crippen molar-refractivity contribution in [3.05, 3.63) is 0 Å². The Morgan fingerprint density at radius 1 is 1.41 bits per heavy atom. The van der Waals surface area contributed by atoms with Gasteiger partial charge in [-0.2, -0.15) is 0 Å². The highest BCUT2D eigenvalue weighted by atomic mass is 16.6. The maximum atomic E-state index is 11.5. The number of hydrogen-bond donors (Lipinski definition) is 1. The van der Waals surface area contributed by atoms with Crippen LogP contribution in [0.2, 0.25) is 0 Å². The number of hydrogen-bond acceptors (Lipinski definition) is 4. The third-order valence-corrected chi connectivity index (χ3v) is 2.67. The van der Waals surface area contributed by atoms with Gasteiger partial charge in [0.05, 0.1) is 6.42 Å². The lowest BCUT2D eigenvalue weighted by molar-refractivity contribution is -0.156. The van der Waals surface area contributed by atoms with E-state index in [0.29, 0.717) is 13.0 Å². The molecule has 1 unspecified atom stereocenters. The zero-order valence-corrected chi connectivity index (χ0v) is 10.7. The molecule has 17 heavy (non-hydrogen) atoms. The Hall–Kier alpha value is -1.10. The van der Waals surface area contributed by atoms with Crippen molar-refractivity contribution in [2.45, 2.75) is 51.7 Å². The van der Waals surface area contributed by atoms with Crippen molar-refractivity contribution in [2.24, 2.45) is 0 Å². The van der Waals surface area contributed by atoms with Crippen LogP contribution < -0.4 is 0 Å². The van der Waals surface area contributed by atoms with Gasteiger partial charge >= 0.3 is 11.9 Å². The van der Waals surface area contributed by atoms with E-state index < -0.39 is 17.6 Å². The summed E-state index contributed by atoms with van der Waals surface area (Å²) >= 11 is 0. The van der Waals surface area contributed by atoms with Crippen LogP contribution in [0.4, 0.5) is 0 Å². The van der Waals surface area contributed by atoms with Crippen LogP contribution >= 0.6 is 0 Å². The molecule has 1 aliphatic rings. The average molecular weight is 243 g/mol. The van der Waals surface area contributed by atoms with E-state index >= 15 is 0 Å². The van der Waals surface area contributed by atoms with E-state index in [1.807, 2.05) is 25.7 Å². The first kappa shape index (κ1) is 14.0. The van der Waals surface area contributed by atoms with E-state index in [2.05, 4.69) is 0 Å². The van der Waals surface area contributed by atoms with Crippen molar-refractivity contribution < 1.29 is 19.4 Å². The van der Waals surface area contributed by atoms with E-state index in [1.54, 1.807) is 0 Å². The molecule has 0 amide bonds. The van der Waals surface area contributed by atoms with E-state index in [0.717, 1.165) is 13.0 Å². The van der Waals surface area contributed by atoms with Crippen molar-refractivity contribution in [1.82, 2.24) is 4.90 Å². The molecule has 0 saturated carbocycles. The molecule has 1 heterocycles. The predicted octanol–water partition coefficient (Wildman–Crippen LogP) is 1.27. The highest BCUT2D eigenvalue weighted by molar-refractivity contribution is 5.74. The average Bonchev–Trinajstić information content (AvgIpc) is 2.59. The molecular formula is C12H21NO4. The van der Waals surface area contributed by atoms with Gasteiger partial charge < -0.3 is 9.84 Å². The Morgan fingerprint density at radius 3 is 2.59 bits per heavy atom. The standard InChI is InChI=1S/C12H21NO4/c1-12(2,3)17-10(14)6-8-13-7-4-5-9(13)11(15)16/h9H,4-8H2,1-3H3,(H,15,16). The first-order valence-corrected chi connectivity index (χ1v) is 5.98. The van der Waals surface area contributed by atoms with Crippen molar-refractivity contribution in [3.63, 3.8) is 0 Å². The van der Waals surface area contributed by atoms with Crippen molar-refractivity contribution >= 4 is 11.9 Å². The zero-order chi connectivity index (χ0) is 13.1. The molecule has 1 saturated heterocycles. The molecule has 0 bridgehead atoms. The van der Waals surface area contributed by atoms with Crippen LogP contribution in [0.5, 0.6) is 0 Å². The third-order valence-electron chi connectivity index (χ3n) is 2.67. The molecule has 1 aliphatic heterocycles. The van der Waals surface area contributed by atoms with Gasteiger partial charge in [-0.1, -0.05) is 0 Å². The van der Waals surface area contributed by atoms with Gasteiger partial charge in [-0.05, 0) is 40.2 Å². The van der Waals surface area contributed by atoms with Crippen LogP contribution in [0.15, 0.2) is 0 Å². The van der Waals surface area contributed by atoms with Crippen LogP contribution in [0.25, 0.3) is 0 Å². The van der Waals surface area contributed by atoms with Crippen molar-refractivity contribution in [3.8, 4) is 0 Å². The fourth-order valence-corrected chi connectivity index (χ4v) is 2.00. The second-order valence-corrected chi connectivity index (χ2v) is 5.37. The van der Waals surface area contributed by atoms with E-state index in [1.165, 1.54) is 0 Å². The van der Waals surface area contributed by atoms with Gasteiger partial charge in [-0.15, -0.1) is 0 Å². The molecule has 0 aromatic rings. The summed E-state index contributed by atoms with van der Waals surface area (Å²) < 4.78 is 5.18. The van der Waals surface area contributed by atoms with Gasteiger partial charge in [-0.3, -0.25) is 14.5 Å². The highest BCUT2D eigenvalue weighted by Crippen LogP contribution is 2.18. The van der Waals surface area contributed by atoms with Crippen LogP contribution in [0.3, 0.4) is 0 Å². The number of likely N-dealkylation sites (tertiary alicyclic amines) is 1. The smallest absolute Gasteiger partial charge is 0.320 e. The van der Waals surface area contributed by atoms with Gasteiger partial charge in [0.2, 0.25) is 0 Å². The van der Waals surface area contributed by atoms with Gasteiger partial charge in [0, 0.05) is 6.54 Å². The SMILES string of the molecule is CC(C)(C)OC(=O)CCN1CCCC1C(=O)O. The number of ether oxygens (including phenoxy) is 1. The van der Waals surface area contributed by atoms with Crippen LogP contribution in [0.1, 0.15) is 40.0 Å². The highest BCUT2D eigenvalue weighted by Gasteiger charge is 2.30. The topological polar surface area (TPSA) is 66.8 Å². The first-order valence-electron chi connectivity index (χ1n) is 5.98. The molecule has 1 atom stereocenters. The number of rotatable bonds is 4. The lowest BCUT2D eigenvalue weighted by Gasteiger charge is -2.23. The normalized spacial score (nSPS) is 21.5. The number of aliphatic carboxylic acids is 1. The number of carboxylic acid groups (broad SMARTS) is 1. The lowest BCUT2D eigenvalue weighted by atomic mass is 10.2.